The summed E-state index contributed by atoms with van der Waals surface area (Å²) in [4.78, 5) is 0. The Kier molecular flexibility index (Phi) is 5.11. The predicted molar refractivity (Wildman–Crippen MR) is 85.2 cm³/mol. The van der Waals surface area contributed by atoms with Crippen molar-refractivity contribution in [2.45, 2.75) is 39.0 Å². The van der Waals surface area contributed by atoms with Crippen LogP contribution in [0.1, 0.15) is 43.7 Å². The first-order valence-corrected chi connectivity index (χ1v) is 7.72. The molecule has 2 nitrogen and oxygen atoms in total. The predicted octanol–water partition coefficient (Wildman–Crippen LogP) is 4.12. The minimum atomic E-state index is 0.687. The molecule has 20 heavy (non-hydrogen) atoms. The molecule has 0 heterocycles. The van der Waals surface area contributed by atoms with E-state index in [1.807, 2.05) is 6.20 Å². The molecule has 3 atom stereocenters. The topological polar surface area (TPSA) is 21.3 Å². The van der Waals surface area contributed by atoms with E-state index in [0.29, 0.717) is 5.92 Å². The van der Waals surface area contributed by atoms with Crippen LogP contribution < -0.4 is 10.1 Å². The molecule has 0 bridgehead atoms. The van der Waals surface area contributed by atoms with E-state index < -0.39 is 0 Å². The van der Waals surface area contributed by atoms with Crippen molar-refractivity contribution in [1.82, 2.24) is 5.32 Å². The van der Waals surface area contributed by atoms with E-state index in [9.17, 15) is 0 Å². The van der Waals surface area contributed by atoms with E-state index in [2.05, 4.69) is 43.9 Å². The van der Waals surface area contributed by atoms with E-state index >= 15 is 0 Å². The van der Waals surface area contributed by atoms with E-state index in [1.165, 1.54) is 24.0 Å². The summed E-state index contributed by atoms with van der Waals surface area (Å²) in [6.45, 7) is 9.43. The number of aryl methyl sites for hydroxylation is 1. The van der Waals surface area contributed by atoms with Crippen molar-refractivity contribution >= 4 is 0 Å². The lowest BCUT2D eigenvalue weighted by molar-refractivity contribution is 0.384. The van der Waals surface area contributed by atoms with Crippen LogP contribution in [0.5, 0.6) is 5.75 Å². The fourth-order valence-corrected chi connectivity index (χ4v) is 3.59. The van der Waals surface area contributed by atoms with E-state index in [0.717, 1.165) is 30.6 Å². The lowest BCUT2D eigenvalue weighted by atomic mass is 9.83. The minimum absolute atomic E-state index is 0.687. The van der Waals surface area contributed by atoms with Gasteiger partial charge in [0.2, 0.25) is 0 Å². The summed E-state index contributed by atoms with van der Waals surface area (Å²) < 4.78 is 5.35. The molecule has 0 radical (unpaired) electrons. The van der Waals surface area contributed by atoms with Crippen LogP contribution in [-0.2, 0) is 6.42 Å². The molecule has 110 valence electrons. The van der Waals surface area contributed by atoms with Crippen molar-refractivity contribution in [1.29, 1.82) is 0 Å². The van der Waals surface area contributed by atoms with Crippen molar-refractivity contribution in [2.75, 3.05) is 13.7 Å². The molecule has 1 unspecified atom stereocenters. The highest BCUT2D eigenvalue weighted by molar-refractivity contribution is 5.38. The number of hydrogen-bond donors (Lipinski definition) is 1. The van der Waals surface area contributed by atoms with Crippen molar-refractivity contribution < 1.29 is 4.74 Å². The Bertz CT molecular complexity index is 455. The minimum Gasteiger partial charge on any atom is -0.497 e. The first kappa shape index (κ1) is 15.0. The number of rotatable bonds is 6. The molecule has 2 heteroatoms. The third-order valence-corrected chi connectivity index (χ3v) is 4.88. The number of methoxy groups -OCH3 is 1. The van der Waals surface area contributed by atoms with Gasteiger partial charge in [-0.1, -0.05) is 26.5 Å². The summed E-state index contributed by atoms with van der Waals surface area (Å²) >= 11 is 0. The summed E-state index contributed by atoms with van der Waals surface area (Å²) in [5.41, 5.74) is 2.97. The van der Waals surface area contributed by atoms with Crippen LogP contribution in [0.15, 0.2) is 31.0 Å². The zero-order chi connectivity index (χ0) is 14.5. The molecule has 1 aliphatic rings. The highest BCUT2D eigenvalue weighted by atomic mass is 16.5. The molecule has 0 spiro atoms. The average molecular weight is 273 g/mol. The fraction of sp³-hybridized carbons (Fsp3) is 0.556. The van der Waals surface area contributed by atoms with Gasteiger partial charge in [0.15, 0.2) is 0 Å². The second-order valence-corrected chi connectivity index (χ2v) is 5.83. The van der Waals surface area contributed by atoms with Gasteiger partial charge in [-0.3, -0.25) is 0 Å². The number of nitrogens with one attached hydrogen (secondary N) is 1. The molecule has 0 aromatic heterocycles. The molecular weight excluding hydrogens is 246 g/mol. The third kappa shape index (κ3) is 3.00. The molecule has 0 aliphatic heterocycles. The van der Waals surface area contributed by atoms with Crippen LogP contribution in [0, 0.1) is 11.8 Å². The first-order chi connectivity index (χ1) is 9.71. The van der Waals surface area contributed by atoms with Gasteiger partial charge >= 0.3 is 0 Å². The van der Waals surface area contributed by atoms with Gasteiger partial charge < -0.3 is 10.1 Å². The van der Waals surface area contributed by atoms with Gasteiger partial charge in [0.25, 0.3) is 0 Å². The van der Waals surface area contributed by atoms with Gasteiger partial charge in [-0.15, -0.1) is 0 Å². The summed E-state index contributed by atoms with van der Waals surface area (Å²) in [6, 6.07) is 6.59. The van der Waals surface area contributed by atoms with Gasteiger partial charge in [-0.2, -0.15) is 0 Å². The van der Waals surface area contributed by atoms with Gasteiger partial charge in [0.1, 0.15) is 5.75 Å². The molecule has 0 amide bonds. The molecular formula is C18H27NO. The third-order valence-electron chi connectivity index (χ3n) is 4.88. The van der Waals surface area contributed by atoms with Crippen molar-refractivity contribution in [3.8, 4) is 5.75 Å². The number of benzene rings is 1. The standard InChI is InChI=1S/C18H27NO/c1-5-14-11-16(20-4)8-10-18(14)17-9-7-15(13(17)3)12-19-6-2/h6,8,10-11,13,15,17,19H,2,5,7,9,12H2,1,3-4H3/t13?,15-,17-/m1/s1. The second kappa shape index (κ2) is 6.83. The maximum absolute atomic E-state index is 5.35. The lowest BCUT2D eigenvalue weighted by Gasteiger charge is -2.23. The number of ether oxygens (including phenoxy) is 1. The maximum Gasteiger partial charge on any atom is 0.119 e. The molecule has 1 aliphatic carbocycles. The molecule has 0 saturated heterocycles. The van der Waals surface area contributed by atoms with Crippen LogP contribution in [0.4, 0.5) is 0 Å². The zero-order valence-electron chi connectivity index (χ0n) is 13.0. The molecule has 1 fully saturated rings. The Morgan fingerprint density at radius 2 is 2.20 bits per heavy atom. The van der Waals surface area contributed by atoms with E-state index in [-0.39, 0.29) is 0 Å². The van der Waals surface area contributed by atoms with Gasteiger partial charge in [0, 0.05) is 6.54 Å². The fourth-order valence-electron chi connectivity index (χ4n) is 3.59. The van der Waals surface area contributed by atoms with Crippen LogP contribution >= 0.6 is 0 Å². The second-order valence-electron chi connectivity index (χ2n) is 5.83. The molecule has 1 aromatic carbocycles. The lowest BCUT2D eigenvalue weighted by Crippen LogP contribution is -2.21. The van der Waals surface area contributed by atoms with Gasteiger partial charge in [-0.25, -0.2) is 0 Å². The summed E-state index contributed by atoms with van der Waals surface area (Å²) in [5.74, 6) is 3.14. The first-order valence-electron chi connectivity index (χ1n) is 7.72. The van der Waals surface area contributed by atoms with Crippen LogP contribution in [0.25, 0.3) is 0 Å². The Labute approximate surface area is 123 Å². The Balaban J connectivity index is 2.17. The highest BCUT2D eigenvalue weighted by Crippen LogP contribution is 2.44. The molecule has 1 saturated carbocycles. The average Bonchev–Trinajstić information content (AvgIpc) is 2.85. The Morgan fingerprint density at radius 3 is 2.85 bits per heavy atom. The van der Waals surface area contributed by atoms with Crippen molar-refractivity contribution in [2.24, 2.45) is 11.8 Å². The highest BCUT2D eigenvalue weighted by Gasteiger charge is 2.34. The Morgan fingerprint density at radius 1 is 1.40 bits per heavy atom. The monoisotopic (exact) mass is 273 g/mol. The maximum atomic E-state index is 5.35. The van der Waals surface area contributed by atoms with Crippen LogP contribution in [-0.4, -0.2) is 13.7 Å². The number of hydrogen-bond acceptors (Lipinski definition) is 2. The molecule has 1 N–H and O–H groups in total. The van der Waals surface area contributed by atoms with Crippen LogP contribution in [0.3, 0.4) is 0 Å². The molecule has 2 rings (SSSR count). The Hall–Kier alpha value is -1.44. The van der Waals surface area contributed by atoms with E-state index in [4.69, 9.17) is 4.74 Å². The summed E-state index contributed by atoms with van der Waals surface area (Å²) in [7, 11) is 1.74. The van der Waals surface area contributed by atoms with Gasteiger partial charge in [0.05, 0.1) is 7.11 Å². The van der Waals surface area contributed by atoms with E-state index in [1.54, 1.807) is 7.11 Å². The molecule has 1 aromatic rings. The normalized spacial score (nSPS) is 25.4. The van der Waals surface area contributed by atoms with Gasteiger partial charge in [-0.05, 0) is 66.5 Å². The quantitative estimate of drug-likeness (QED) is 0.842. The van der Waals surface area contributed by atoms with Crippen molar-refractivity contribution in [3.05, 3.63) is 42.1 Å². The SMILES string of the molecule is C=CNC[C@H]1CC[C@@H](c2ccc(OC)cc2CC)C1C. The zero-order valence-corrected chi connectivity index (χ0v) is 13.0. The van der Waals surface area contributed by atoms with Crippen molar-refractivity contribution in [3.63, 3.8) is 0 Å². The van der Waals surface area contributed by atoms with Crippen LogP contribution in [0.2, 0.25) is 0 Å². The largest absolute Gasteiger partial charge is 0.497 e. The summed E-state index contributed by atoms with van der Waals surface area (Å²) in [5, 5.41) is 3.28. The summed E-state index contributed by atoms with van der Waals surface area (Å²) in [6.07, 6.45) is 5.49. The smallest absolute Gasteiger partial charge is 0.119 e.